The number of rotatable bonds is 5. The average Bonchev–Trinajstić information content (AvgIpc) is 2.68. The molecule has 2 heterocycles. The molecule has 1 N–H and O–H groups in total. The molecule has 1 aromatic carbocycles. The van der Waals surface area contributed by atoms with E-state index in [1.54, 1.807) is 42.7 Å². The minimum atomic E-state index is -0.487. The fourth-order valence-corrected chi connectivity index (χ4v) is 3.02. The van der Waals surface area contributed by atoms with Crippen molar-refractivity contribution in [3.8, 4) is 0 Å². The molecule has 1 atom stereocenters. The number of hydrogen-bond acceptors (Lipinski definition) is 6. The maximum absolute atomic E-state index is 12.5. The Hall–Kier alpha value is -2.67. The average molecular weight is 375 g/mol. The molecule has 0 aliphatic carbocycles. The van der Waals surface area contributed by atoms with Gasteiger partial charge in [-0.2, -0.15) is 0 Å². The van der Waals surface area contributed by atoms with Crippen LogP contribution in [0.1, 0.15) is 19.3 Å². The number of halogens is 1. The molecule has 0 spiro atoms. The van der Waals surface area contributed by atoms with Crippen LogP contribution in [0.25, 0.3) is 0 Å². The normalized spacial score (nSPS) is 16.8. The lowest BCUT2D eigenvalue weighted by atomic mass is 10.0. The molecule has 0 bridgehead atoms. The van der Waals surface area contributed by atoms with E-state index in [4.69, 9.17) is 16.3 Å². The SMILES string of the molecule is O=C(COC(=O)C1CCCCN1c1ncccn1)Nc1ccccc1Cl. The number of nitrogens with zero attached hydrogens (tertiary/aromatic N) is 3. The number of para-hydroxylation sites is 1. The van der Waals surface area contributed by atoms with Crippen molar-refractivity contribution < 1.29 is 14.3 Å². The van der Waals surface area contributed by atoms with E-state index in [2.05, 4.69) is 15.3 Å². The Morgan fingerprint density at radius 3 is 2.73 bits per heavy atom. The monoisotopic (exact) mass is 374 g/mol. The van der Waals surface area contributed by atoms with Crippen LogP contribution in [0, 0.1) is 0 Å². The van der Waals surface area contributed by atoms with Gasteiger partial charge in [0.15, 0.2) is 6.61 Å². The van der Waals surface area contributed by atoms with Gasteiger partial charge in [0.25, 0.3) is 5.91 Å². The maximum atomic E-state index is 12.5. The summed E-state index contributed by atoms with van der Waals surface area (Å²) in [6.45, 7) is 0.305. The van der Waals surface area contributed by atoms with E-state index in [0.29, 0.717) is 29.6 Å². The number of aromatic nitrogens is 2. The van der Waals surface area contributed by atoms with Gasteiger partial charge in [-0.05, 0) is 37.5 Å². The van der Waals surface area contributed by atoms with Gasteiger partial charge in [-0.1, -0.05) is 23.7 Å². The largest absolute Gasteiger partial charge is 0.454 e. The summed E-state index contributed by atoms with van der Waals surface area (Å²) in [7, 11) is 0. The lowest BCUT2D eigenvalue weighted by Crippen LogP contribution is -2.47. The molecule has 3 rings (SSSR count). The van der Waals surface area contributed by atoms with Crippen LogP contribution >= 0.6 is 11.6 Å². The Bertz CT molecular complexity index is 772. The quantitative estimate of drug-likeness (QED) is 0.810. The summed E-state index contributed by atoms with van der Waals surface area (Å²) in [6.07, 6.45) is 5.78. The van der Waals surface area contributed by atoms with Crippen LogP contribution in [-0.2, 0) is 14.3 Å². The van der Waals surface area contributed by atoms with E-state index >= 15 is 0 Å². The number of hydrogen-bond donors (Lipinski definition) is 1. The highest BCUT2D eigenvalue weighted by Gasteiger charge is 2.32. The van der Waals surface area contributed by atoms with Crippen molar-refractivity contribution in [3.05, 3.63) is 47.7 Å². The van der Waals surface area contributed by atoms with Crippen LogP contribution in [0.2, 0.25) is 5.02 Å². The number of carbonyl (C=O) groups excluding carboxylic acids is 2. The van der Waals surface area contributed by atoms with Gasteiger partial charge in [0.2, 0.25) is 5.95 Å². The van der Waals surface area contributed by atoms with Crippen LogP contribution in [0.15, 0.2) is 42.7 Å². The van der Waals surface area contributed by atoms with Gasteiger partial charge >= 0.3 is 5.97 Å². The van der Waals surface area contributed by atoms with Crippen LogP contribution in [-0.4, -0.2) is 41.0 Å². The molecule has 1 aromatic heterocycles. The topological polar surface area (TPSA) is 84.4 Å². The summed E-state index contributed by atoms with van der Waals surface area (Å²) in [4.78, 5) is 34.7. The molecule has 1 fully saturated rings. The molecule has 1 saturated heterocycles. The van der Waals surface area contributed by atoms with E-state index in [1.165, 1.54) is 0 Å². The van der Waals surface area contributed by atoms with E-state index in [0.717, 1.165) is 12.8 Å². The van der Waals surface area contributed by atoms with Crippen LogP contribution in [0.4, 0.5) is 11.6 Å². The fraction of sp³-hybridized carbons (Fsp3) is 0.333. The zero-order valence-corrected chi connectivity index (χ0v) is 14.9. The predicted octanol–water partition coefficient (Wildman–Crippen LogP) is 2.67. The van der Waals surface area contributed by atoms with E-state index < -0.39 is 17.9 Å². The third-order valence-corrected chi connectivity index (χ3v) is 4.41. The van der Waals surface area contributed by atoms with Gasteiger partial charge < -0.3 is 15.0 Å². The number of anilines is 2. The zero-order chi connectivity index (χ0) is 18.4. The second kappa shape index (κ2) is 8.62. The second-order valence-corrected chi connectivity index (χ2v) is 6.30. The molecule has 1 aliphatic heterocycles. The van der Waals surface area contributed by atoms with Crippen molar-refractivity contribution in [2.24, 2.45) is 0 Å². The van der Waals surface area contributed by atoms with Crippen molar-refractivity contribution in [1.82, 2.24) is 9.97 Å². The Balaban J connectivity index is 1.58. The summed E-state index contributed by atoms with van der Waals surface area (Å²) in [5, 5.41) is 3.05. The molecular formula is C18H19ClN4O3. The first-order valence-corrected chi connectivity index (χ1v) is 8.77. The first-order chi connectivity index (χ1) is 12.6. The summed E-state index contributed by atoms with van der Waals surface area (Å²) in [5.41, 5.74) is 0.479. The lowest BCUT2D eigenvalue weighted by Gasteiger charge is -2.33. The van der Waals surface area contributed by atoms with Crippen LogP contribution in [0.3, 0.4) is 0 Å². The highest BCUT2D eigenvalue weighted by Crippen LogP contribution is 2.23. The molecule has 7 nitrogen and oxygen atoms in total. The number of ether oxygens (including phenoxy) is 1. The standard InChI is InChI=1S/C18H19ClN4O3/c19-13-6-1-2-7-14(13)22-16(24)12-26-17(25)15-8-3-4-11-23(15)18-20-9-5-10-21-18/h1-2,5-7,9-10,15H,3-4,8,11-12H2,(H,22,24). The number of esters is 1. The first-order valence-electron chi connectivity index (χ1n) is 8.40. The van der Waals surface area contributed by atoms with Crippen molar-refractivity contribution >= 4 is 35.1 Å². The number of piperidine rings is 1. The van der Waals surface area contributed by atoms with Crippen molar-refractivity contribution in [3.63, 3.8) is 0 Å². The molecule has 1 unspecified atom stereocenters. The predicted molar refractivity (Wildman–Crippen MR) is 98.1 cm³/mol. The van der Waals surface area contributed by atoms with Crippen LogP contribution in [0.5, 0.6) is 0 Å². The lowest BCUT2D eigenvalue weighted by molar-refractivity contribution is -0.149. The Morgan fingerprint density at radius 2 is 1.96 bits per heavy atom. The maximum Gasteiger partial charge on any atom is 0.329 e. The Labute approximate surface area is 156 Å². The third kappa shape index (κ3) is 4.49. The molecule has 136 valence electrons. The second-order valence-electron chi connectivity index (χ2n) is 5.89. The molecule has 1 aliphatic rings. The number of benzene rings is 1. The van der Waals surface area contributed by atoms with Gasteiger partial charge in [0.05, 0.1) is 10.7 Å². The van der Waals surface area contributed by atoms with Gasteiger partial charge in [-0.3, -0.25) is 4.79 Å². The minimum absolute atomic E-state index is 0.371. The molecule has 0 saturated carbocycles. The van der Waals surface area contributed by atoms with E-state index in [1.807, 2.05) is 4.90 Å². The number of carbonyl (C=O) groups is 2. The highest BCUT2D eigenvalue weighted by atomic mass is 35.5. The minimum Gasteiger partial charge on any atom is -0.454 e. The van der Waals surface area contributed by atoms with Crippen molar-refractivity contribution in [2.75, 3.05) is 23.4 Å². The molecule has 8 heteroatoms. The summed E-state index contributed by atoms with van der Waals surface area (Å²) in [5.74, 6) is -0.397. The Kier molecular flexibility index (Phi) is 6.01. The molecule has 26 heavy (non-hydrogen) atoms. The zero-order valence-electron chi connectivity index (χ0n) is 14.1. The highest BCUT2D eigenvalue weighted by molar-refractivity contribution is 6.33. The van der Waals surface area contributed by atoms with Gasteiger partial charge in [0.1, 0.15) is 6.04 Å². The first kappa shape index (κ1) is 18.1. The number of amides is 1. The summed E-state index contributed by atoms with van der Waals surface area (Å²) < 4.78 is 5.22. The van der Waals surface area contributed by atoms with Gasteiger partial charge in [-0.25, -0.2) is 14.8 Å². The molecule has 1 amide bonds. The smallest absolute Gasteiger partial charge is 0.329 e. The van der Waals surface area contributed by atoms with Crippen molar-refractivity contribution in [1.29, 1.82) is 0 Å². The van der Waals surface area contributed by atoms with Gasteiger partial charge in [-0.15, -0.1) is 0 Å². The van der Waals surface area contributed by atoms with Crippen LogP contribution < -0.4 is 10.2 Å². The van der Waals surface area contributed by atoms with E-state index in [9.17, 15) is 9.59 Å². The number of nitrogens with one attached hydrogen (secondary N) is 1. The summed E-state index contributed by atoms with van der Waals surface area (Å²) >= 11 is 6.00. The van der Waals surface area contributed by atoms with Crippen molar-refractivity contribution in [2.45, 2.75) is 25.3 Å². The fourth-order valence-electron chi connectivity index (χ4n) is 2.84. The molecular weight excluding hydrogens is 356 g/mol. The Morgan fingerprint density at radius 1 is 1.19 bits per heavy atom. The van der Waals surface area contributed by atoms with E-state index in [-0.39, 0.29) is 6.61 Å². The third-order valence-electron chi connectivity index (χ3n) is 4.08. The summed E-state index contributed by atoms with van der Waals surface area (Å²) in [6, 6.07) is 8.11. The molecule has 0 radical (unpaired) electrons. The molecule has 2 aromatic rings. The van der Waals surface area contributed by atoms with Gasteiger partial charge in [0, 0.05) is 18.9 Å².